The molecular formula is C24H23N. The Kier molecular flexibility index (Phi) is 2.74. The molecule has 0 fully saturated rings. The fourth-order valence-corrected chi connectivity index (χ4v) is 4.97. The molecule has 5 rings (SSSR count). The maximum atomic E-state index is 5.12. The van der Waals surface area contributed by atoms with Gasteiger partial charge in [-0.1, -0.05) is 70.2 Å². The van der Waals surface area contributed by atoms with Crippen molar-refractivity contribution in [2.45, 2.75) is 44.9 Å². The average Bonchev–Trinajstić information content (AvgIpc) is 2.81. The van der Waals surface area contributed by atoms with E-state index in [1.54, 1.807) is 0 Å². The number of hydrogen-bond acceptors (Lipinski definition) is 1. The molecule has 124 valence electrons. The van der Waals surface area contributed by atoms with E-state index in [-0.39, 0.29) is 10.8 Å². The van der Waals surface area contributed by atoms with Crippen LogP contribution in [0, 0.1) is 0 Å². The number of fused-ring (bicyclic) bond motifs is 5. The van der Waals surface area contributed by atoms with Crippen molar-refractivity contribution >= 4 is 22.0 Å². The molecule has 0 spiro atoms. The molecule has 2 aliphatic rings. The highest BCUT2D eigenvalue weighted by molar-refractivity contribution is 6.05. The lowest BCUT2D eigenvalue weighted by Gasteiger charge is -2.36. The molecule has 0 atom stereocenters. The first-order chi connectivity index (χ1) is 11.9. The summed E-state index contributed by atoms with van der Waals surface area (Å²) < 4.78 is 0. The second kappa shape index (κ2) is 4.60. The number of para-hydroxylation sites is 1. The average molecular weight is 325 g/mol. The molecule has 25 heavy (non-hydrogen) atoms. The molecule has 0 radical (unpaired) electrons. The zero-order valence-electron chi connectivity index (χ0n) is 15.4. The Labute approximate surface area is 149 Å². The Hall–Kier alpha value is -2.41. The fraction of sp³-hybridized carbons (Fsp3) is 0.292. The van der Waals surface area contributed by atoms with Gasteiger partial charge in [0.1, 0.15) is 0 Å². The molecule has 0 N–H and O–H groups in total. The monoisotopic (exact) mass is 325 g/mol. The third-order valence-corrected chi connectivity index (χ3v) is 6.11. The Balaban J connectivity index is 1.89. The van der Waals surface area contributed by atoms with Crippen LogP contribution >= 0.6 is 0 Å². The summed E-state index contributed by atoms with van der Waals surface area (Å²) in [6.45, 7) is 9.41. The van der Waals surface area contributed by atoms with Crippen molar-refractivity contribution in [3.05, 3.63) is 77.0 Å². The van der Waals surface area contributed by atoms with Gasteiger partial charge in [0.15, 0.2) is 0 Å². The van der Waals surface area contributed by atoms with Gasteiger partial charge in [0.25, 0.3) is 0 Å². The van der Waals surface area contributed by atoms with Gasteiger partial charge in [0.2, 0.25) is 0 Å². The normalized spacial score (nSPS) is 19.5. The number of aromatic nitrogens is 1. The van der Waals surface area contributed by atoms with Crippen LogP contribution in [0.1, 0.15) is 56.5 Å². The van der Waals surface area contributed by atoms with Crippen LogP contribution in [0.25, 0.3) is 22.0 Å². The van der Waals surface area contributed by atoms with Crippen molar-refractivity contribution < 1.29 is 0 Å². The van der Waals surface area contributed by atoms with E-state index in [0.29, 0.717) is 0 Å². The van der Waals surface area contributed by atoms with E-state index in [9.17, 15) is 0 Å². The lowest BCUT2D eigenvalue weighted by Crippen LogP contribution is -2.27. The first kappa shape index (κ1) is 14.9. The molecule has 0 saturated heterocycles. The summed E-state index contributed by atoms with van der Waals surface area (Å²) in [4.78, 5) is 5.12. The molecule has 1 heteroatoms. The highest BCUT2D eigenvalue weighted by atomic mass is 14.7. The van der Waals surface area contributed by atoms with E-state index in [0.717, 1.165) is 11.9 Å². The van der Waals surface area contributed by atoms with E-state index in [1.807, 2.05) is 0 Å². The maximum absolute atomic E-state index is 5.12. The van der Waals surface area contributed by atoms with E-state index in [4.69, 9.17) is 4.98 Å². The van der Waals surface area contributed by atoms with Crippen molar-refractivity contribution in [3.8, 4) is 0 Å². The fourth-order valence-electron chi connectivity index (χ4n) is 4.97. The van der Waals surface area contributed by atoms with Crippen LogP contribution in [0.5, 0.6) is 0 Å². The Morgan fingerprint density at radius 2 is 1.56 bits per heavy atom. The minimum atomic E-state index is 0.0291. The predicted molar refractivity (Wildman–Crippen MR) is 106 cm³/mol. The van der Waals surface area contributed by atoms with Crippen molar-refractivity contribution in [2.75, 3.05) is 0 Å². The minimum absolute atomic E-state index is 0.0291. The summed E-state index contributed by atoms with van der Waals surface area (Å²) in [6, 6.07) is 19.8. The second-order valence-electron chi connectivity index (χ2n) is 8.66. The third-order valence-electron chi connectivity index (χ3n) is 6.11. The van der Waals surface area contributed by atoms with Gasteiger partial charge in [-0.05, 0) is 40.8 Å². The lowest BCUT2D eigenvalue weighted by atomic mass is 9.68. The van der Waals surface area contributed by atoms with Gasteiger partial charge in [0, 0.05) is 21.8 Å². The standard InChI is InChI=1S/C24H23N/c1-23(2)14-18-16-10-6-7-11-19(16)24(3,4)21(18)17-13-15-9-5-8-12-20(15)25-22(17)23/h5-13H,14H2,1-4H3. The molecule has 1 heterocycles. The largest absolute Gasteiger partial charge is 0.252 e. The van der Waals surface area contributed by atoms with Crippen LogP contribution in [0.4, 0.5) is 0 Å². The van der Waals surface area contributed by atoms with Gasteiger partial charge in [-0.2, -0.15) is 0 Å². The van der Waals surface area contributed by atoms with Crippen LogP contribution in [0.15, 0.2) is 54.6 Å². The quantitative estimate of drug-likeness (QED) is 0.485. The maximum Gasteiger partial charge on any atom is 0.0706 e. The molecule has 2 aliphatic carbocycles. The number of hydrogen-bond donors (Lipinski definition) is 0. The lowest BCUT2D eigenvalue weighted by molar-refractivity contribution is 0.517. The van der Waals surface area contributed by atoms with E-state index < -0.39 is 0 Å². The van der Waals surface area contributed by atoms with Gasteiger partial charge in [-0.25, -0.2) is 0 Å². The van der Waals surface area contributed by atoms with Crippen LogP contribution in [-0.4, -0.2) is 4.98 Å². The SMILES string of the molecule is CC1(C)CC2=C(c3cc4ccccc4nc31)C(C)(C)c1ccccc12. The second-order valence-corrected chi connectivity index (χ2v) is 8.66. The third kappa shape index (κ3) is 1.87. The van der Waals surface area contributed by atoms with E-state index >= 15 is 0 Å². The molecule has 1 aromatic heterocycles. The van der Waals surface area contributed by atoms with Crippen molar-refractivity contribution in [1.82, 2.24) is 4.98 Å². The number of allylic oxidation sites excluding steroid dienone is 2. The van der Waals surface area contributed by atoms with Gasteiger partial charge >= 0.3 is 0 Å². The smallest absolute Gasteiger partial charge is 0.0706 e. The zero-order chi connectivity index (χ0) is 17.4. The van der Waals surface area contributed by atoms with E-state index in [1.165, 1.54) is 38.9 Å². The minimum Gasteiger partial charge on any atom is -0.252 e. The van der Waals surface area contributed by atoms with Gasteiger partial charge in [0.05, 0.1) is 11.2 Å². The molecular weight excluding hydrogens is 302 g/mol. The summed E-state index contributed by atoms with van der Waals surface area (Å²) in [5.74, 6) is 0. The van der Waals surface area contributed by atoms with Crippen LogP contribution in [0.3, 0.4) is 0 Å². The van der Waals surface area contributed by atoms with E-state index in [2.05, 4.69) is 82.3 Å². The number of benzene rings is 2. The molecule has 1 nitrogen and oxygen atoms in total. The molecule has 2 aromatic carbocycles. The van der Waals surface area contributed by atoms with Crippen LogP contribution in [-0.2, 0) is 10.8 Å². The molecule has 0 unspecified atom stereocenters. The summed E-state index contributed by atoms with van der Waals surface area (Å²) in [6.07, 6.45) is 1.06. The molecule has 3 aromatic rings. The number of pyridine rings is 1. The van der Waals surface area contributed by atoms with Crippen molar-refractivity contribution in [3.63, 3.8) is 0 Å². The summed E-state index contributed by atoms with van der Waals surface area (Å²) >= 11 is 0. The predicted octanol–water partition coefficient (Wildman–Crippen LogP) is 6.12. The highest BCUT2D eigenvalue weighted by Crippen LogP contribution is 2.58. The topological polar surface area (TPSA) is 12.9 Å². The Morgan fingerprint density at radius 3 is 2.40 bits per heavy atom. The first-order valence-corrected chi connectivity index (χ1v) is 9.14. The van der Waals surface area contributed by atoms with Crippen molar-refractivity contribution in [2.24, 2.45) is 0 Å². The van der Waals surface area contributed by atoms with Crippen LogP contribution in [0.2, 0.25) is 0 Å². The van der Waals surface area contributed by atoms with Gasteiger partial charge in [-0.15, -0.1) is 0 Å². The number of rotatable bonds is 0. The highest BCUT2D eigenvalue weighted by Gasteiger charge is 2.45. The zero-order valence-corrected chi connectivity index (χ0v) is 15.4. The van der Waals surface area contributed by atoms with Gasteiger partial charge < -0.3 is 0 Å². The van der Waals surface area contributed by atoms with Crippen molar-refractivity contribution in [1.29, 1.82) is 0 Å². The molecule has 0 aliphatic heterocycles. The Morgan fingerprint density at radius 1 is 0.840 bits per heavy atom. The molecule has 0 saturated carbocycles. The first-order valence-electron chi connectivity index (χ1n) is 9.14. The summed E-state index contributed by atoms with van der Waals surface area (Å²) in [7, 11) is 0. The molecule has 0 bridgehead atoms. The summed E-state index contributed by atoms with van der Waals surface area (Å²) in [5, 5.41) is 1.23. The number of nitrogens with zero attached hydrogens (tertiary/aromatic N) is 1. The summed E-state index contributed by atoms with van der Waals surface area (Å²) in [5.41, 5.74) is 9.69. The Bertz CT molecular complexity index is 1070. The van der Waals surface area contributed by atoms with Crippen LogP contribution < -0.4 is 0 Å². The van der Waals surface area contributed by atoms with Gasteiger partial charge in [-0.3, -0.25) is 4.98 Å². The molecule has 0 amide bonds.